The molecule has 2 fully saturated rings. The van der Waals surface area contributed by atoms with E-state index < -0.39 is 12.7 Å². The van der Waals surface area contributed by atoms with E-state index in [1.165, 1.54) is 10.5 Å². The van der Waals surface area contributed by atoms with Crippen molar-refractivity contribution in [2.24, 2.45) is 10.9 Å². The number of benzene rings is 1. The van der Waals surface area contributed by atoms with Crippen molar-refractivity contribution in [1.82, 2.24) is 15.1 Å². The molecule has 1 aromatic carbocycles. The van der Waals surface area contributed by atoms with E-state index in [0.29, 0.717) is 31.6 Å². The highest BCUT2D eigenvalue weighted by molar-refractivity contribution is 6.30. The minimum Gasteiger partial charge on any atom is -0.353 e. The molecule has 2 aliphatic rings. The van der Waals surface area contributed by atoms with Gasteiger partial charge in [-0.15, -0.1) is 0 Å². The Balaban J connectivity index is 1.54. The van der Waals surface area contributed by atoms with Crippen LogP contribution in [0.15, 0.2) is 29.3 Å². The second kappa shape index (κ2) is 9.56. The number of hydrogen-bond donors (Lipinski definition) is 1. The van der Waals surface area contributed by atoms with Crippen molar-refractivity contribution in [2.75, 3.05) is 39.3 Å². The number of nitrogens with one attached hydrogen (secondary N) is 1. The number of aliphatic imine (C=N–C) groups is 1. The molecule has 4 nitrogen and oxygen atoms in total. The van der Waals surface area contributed by atoms with Crippen LogP contribution in [0.25, 0.3) is 0 Å². The summed E-state index contributed by atoms with van der Waals surface area (Å²) < 4.78 is 38.2. The lowest BCUT2D eigenvalue weighted by Crippen LogP contribution is -2.43. The van der Waals surface area contributed by atoms with E-state index in [1.54, 1.807) is 6.92 Å². The number of guanidine groups is 1. The fraction of sp³-hybridized carbons (Fsp3) is 0.667. The lowest BCUT2D eigenvalue weighted by atomic mass is 10.1. The smallest absolute Gasteiger partial charge is 0.353 e. The Bertz CT molecular complexity index is 709. The summed E-state index contributed by atoms with van der Waals surface area (Å²) in [5.41, 5.74) is 1.23. The molecule has 3 unspecified atom stereocenters. The highest BCUT2D eigenvalue weighted by Gasteiger charge is 2.40. The van der Waals surface area contributed by atoms with Crippen molar-refractivity contribution < 1.29 is 13.2 Å². The molecule has 3 atom stereocenters. The van der Waals surface area contributed by atoms with Gasteiger partial charge in [0.05, 0.1) is 6.54 Å². The van der Waals surface area contributed by atoms with E-state index in [-0.39, 0.29) is 5.92 Å². The van der Waals surface area contributed by atoms with Crippen molar-refractivity contribution >= 4 is 17.6 Å². The summed E-state index contributed by atoms with van der Waals surface area (Å²) >= 11 is 6.11. The Morgan fingerprint density at radius 3 is 2.79 bits per heavy atom. The van der Waals surface area contributed by atoms with Crippen molar-refractivity contribution in [1.29, 1.82) is 0 Å². The molecule has 0 bridgehead atoms. The van der Waals surface area contributed by atoms with Gasteiger partial charge < -0.3 is 10.2 Å². The molecule has 3 rings (SSSR count). The van der Waals surface area contributed by atoms with Crippen LogP contribution < -0.4 is 5.32 Å². The second-order valence-electron chi connectivity index (χ2n) is 7.99. The van der Waals surface area contributed by atoms with Crippen LogP contribution in [0.5, 0.6) is 0 Å². The standard InChI is InChI=1S/C21H30ClF3N4/c1-3-26-20(27-19-11-18(19)16-6-5-7-17(22)10-16)29-9-8-15(13-29)12-28(4-2)14-21(23,24)25/h5-7,10,15,18-19H,3-4,8-9,11-14H2,1-2H3,(H,26,27). The zero-order valence-corrected chi connectivity index (χ0v) is 17.8. The number of alkyl halides is 3. The first-order chi connectivity index (χ1) is 13.8. The molecule has 1 saturated carbocycles. The number of nitrogens with zero attached hydrogens (tertiary/aromatic N) is 3. The van der Waals surface area contributed by atoms with E-state index in [0.717, 1.165) is 36.9 Å². The Morgan fingerprint density at radius 2 is 2.14 bits per heavy atom. The molecule has 1 saturated heterocycles. The average Bonchev–Trinajstić information content (AvgIpc) is 3.27. The van der Waals surface area contributed by atoms with E-state index in [4.69, 9.17) is 11.6 Å². The highest BCUT2D eigenvalue weighted by Crippen LogP contribution is 2.41. The van der Waals surface area contributed by atoms with Gasteiger partial charge in [-0.25, -0.2) is 0 Å². The van der Waals surface area contributed by atoms with E-state index >= 15 is 0 Å². The van der Waals surface area contributed by atoms with Gasteiger partial charge in [-0.3, -0.25) is 9.89 Å². The molecular formula is C21H30ClF3N4. The minimum absolute atomic E-state index is 0.226. The van der Waals surface area contributed by atoms with E-state index in [9.17, 15) is 13.2 Å². The molecule has 29 heavy (non-hydrogen) atoms. The van der Waals surface area contributed by atoms with Gasteiger partial charge in [0.2, 0.25) is 0 Å². The molecule has 0 spiro atoms. The van der Waals surface area contributed by atoms with Gasteiger partial charge >= 0.3 is 6.18 Å². The maximum atomic E-state index is 12.7. The van der Waals surface area contributed by atoms with Crippen LogP contribution in [0.1, 0.15) is 38.2 Å². The van der Waals surface area contributed by atoms with E-state index in [1.807, 2.05) is 25.1 Å². The molecule has 1 aromatic rings. The average molecular weight is 431 g/mol. The summed E-state index contributed by atoms with van der Waals surface area (Å²) in [6.45, 7) is 6.08. The van der Waals surface area contributed by atoms with Crippen molar-refractivity contribution in [3.8, 4) is 0 Å². The van der Waals surface area contributed by atoms with Crippen molar-refractivity contribution in [3.05, 3.63) is 34.9 Å². The van der Waals surface area contributed by atoms with Crippen molar-refractivity contribution in [2.45, 2.75) is 44.8 Å². The maximum absolute atomic E-state index is 12.7. The number of rotatable bonds is 7. The monoisotopic (exact) mass is 430 g/mol. The fourth-order valence-electron chi connectivity index (χ4n) is 4.11. The molecule has 8 heteroatoms. The Labute approximate surface area is 176 Å². The van der Waals surface area contributed by atoms with Gasteiger partial charge in [0.15, 0.2) is 5.96 Å². The number of halogens is 4. The van der Waals surface area contributed by atoms with Gasteiger partial charge in [-0.2, -0.15) is 13.2 Å². The van der Waals surface area contributed by atoms with Gasteiger partial charge in [0, 0.05) is 43.2 Å². The zero-order valence-electron chi connectivity index (χ0n) is 17.1. The van der Waals surface area contributed by atoms with Gasteiger partial charge in [-0.1, -0.05) is 30.7 Å². The van der Waals surface area contributed by atoms with Crippen LogP contribution in [-0.2, 0) is 0 Å². The maximum Gasteiger partial charge on any atom is 0.401 e. The topological polar surface area (TPSA) is 30.9 Å². The van der Waals surface area contributed by atoms with Crippen LogP contribution in [0.3, 0.4) is 0 Å². The molecule has 1 aliphatic carbocycles. The number of hydrogen-bond acceptors (Lipinski definition) is 2. The fourth-order valence-corrected chi connectivity index (χ4v) is 4.31. The third-order valence-corrected chi connectivity index (χ3v) is 5.88. The zero-order chi connectivity index (χ0) is 21.0. The quantitative estimate of drug-likeness (QED) is 0.515. The lowest BCUT2D eigenvalue weighted by Gasteiger charge is -2.26. The lowest BCUT2D eigenvalue weighted by molar-refractivity contribution is -0.146. The molecule has 1 N–H and O–H groups in total. The first-order valence-corrected chi connectivity index (χ1v) is 10.8. The first-order valence-electron chi connectivity index (χ1n) is 10.4. The second-order valence-corrected chi connectivity index (χ2v) is 8.43. The SMILES string of the molecule is CCN=C(NC1CC1c1cccc(Cl)c1)N1CCC(CN(CC)CC(F)(F)F)C1. The normalized spacial score (nSPS) is 25.0. The summed E-state index contributed by atoms with van der Waals surface area (Å²) in [5, 5.41) is 4.31. The Morgan fingerprint density at radius 1 is 1.34 bits per heavy atom. The summed E-state index contributed by atoms with van der Waals surface area (Å²) in [6, 6.07) is 8.29. The number of likely N-dealkylation sites (tertiary alicyclic amines) is 1. The highest BCUT2D eigenvalue weighted by atomic mass is 35.5. The summed E-state index contributed by atoms with van der Waals surface area (Å²) in [5.74, 6) is 1.53. The summed E-state index contributed by atoms with van der Waals surface area (Å²) in [4.78, 5) is 8.33. The molecule has 162 valence electrons. The molecule has 1 aliphatic heterocycles. The largest absolute Gasteiger partial charge is 0.401 e. The molecular weight excluding hydrogens is 401 g/mol. The molecule has 0 aromatic heterocycles. The molecule has 1 heterocycles. The summed E-state index contributed by atoms with van der Waals surface area (Å²) in [6.07, 6.45) is -2.22. The van der Waals surface area contributed by atoms with Crippen LogP contribution in [0.2, 0.25) is 5.02 Å². The first kappa shape index (κ1) is 22.2. The third-order valence-electron chi connectivity index (χ3n) is 5.64. The van der Waals surface area contributed by atoms with Crippen LogP contribution in [0.4, 0.5) is 13.2 Å². The Kier molecular flexibility index (Phi) is 7.32. The van der Waals surface area contributed by atoms with Crippen LogP contribution in [-0.4, -0.2) is 67.2 Å². The van der Waals surface area contributed by atoms with Crippen molar-refractivity contribution in [3.63, 3.8) is 0 Å². The summed E-state index contributed by atoms with van der Waals surface area (Å²) in [7, 11) is 0. The van der Waals surface area contributed by atoms with Crippen LogP contribution >= 0.6 is 11.6 Å². The van der Waals surface area contributed by atoms with Gasteiger partial charge in [0.1, 0.15) is 0 Å². The molecule has 0 amide bonds. The van der Waals surface area contributed by atoms with Gasteiger partial charge in [-0.05, 0) is 49.9 Å². The Hall–Kier alpha value is -1.47. The van der Waals surface area contributed by atoms with Crippen LogP contribution in [0, 0.1) is 5.92 Å². The minimum atomic E-state index is -4.15. The third kappa shape index (κ3) is 6.51. The van der Waals surface area contributed by atoms with E-state index in [2.05, 4.69) is 21.3 Å². The van der Waals surface area contributed by atoms with Gasteiger partial charge in [0.25, 0.3) is 0 Å². The predicted octanol–water partition coefficient (Wildman–Crippen LogP) is 4.37. The molecule has 0 radical (unpaired) electrons. The predicted molar refractivity (Wildman–Crippen MR) is 112 cm³/mol.